The number of oxazole rings is 1. The number of rotatable bonds is 7. The van der Waals surface area contributed by atoms with Crippen LogP contribution in [0.3, 0.4) is 0 Å². The third kappa shape index (κ3) is 6.06. The molecule has 1 amide bonds. The van der Waals surface area contributed by atoms with Gasteiger partial charge in [-0.2, -0.15) is 9.37 Å². The number of nitrogens with one attached hydrogen (secondary N) is 2. The summed E-state index contributed by atoms with van der Waals surface area (Å²) in [5.41, 5.74) is 0.991. The van der Waals surface area contributed by atoms with Crippen LogP contribution in [0.25, 0.3) is 0 Å². The van der Waals surface area contributed by atoms with Crippen LogP contribution in [-0.2, 0) is 6.54 Å². The van der Waals surface area contributed by atoms with Gasteiger partial charge in [-0.15, -0.1) is 0 Å². The summed E-state index contributed by atoms with van der Waals surface area (Å²) in [5, 5.41) is 0. The number of amides is 1. The molecule has 0 saturated heterocycles. The average molecular weight is 596 g/mol. The number of ether oxygens (including phenoxy) is 2. The van der Waals surface area contributed by atoms with E-state index in [2.05, 4.69) is 14.4 Å². The van der Waals surface area contributed by atoms with Gasteiger partial charge in [0.05, 0.1) is 24.5 Å². The molecule has 0 radical (unpaired) electrons. The molecular weight excluding hydrogens is 575 g/mol. The topological polar surface area (TPSA) is 88.9 Å². The molecule has 2 aromatic carbocycles. The Bertz CT molecular complexity index is 1100. The van der Waals surface area contributed by atoms with Crippen molar-refractivity contribution in [3.05, 3.63) is 73.0 Å². The molecule has 1 aromatic heterocycles. The first kappa shape index (κ1) is 28.0. The maximum Gasteiger partial charge on any atom is 1.00 e. The SMILES string of the molecule is CNSNc1cccc(CN2C(=O)Oc3c(ccc(Oc4ncco4)c3F)C2C)c1F.[CH3-].[Cs+]. The van der Waals surface area contributed by atoms with Gasteiger partial charge >= 0.3 is 81.1 Å². The second-order valence-corrected chi connectivity index (χ2v) is 7.37. The molecule has 1 atom stereocenters. The Balaban J connectivity index is 0.00000193. The van der Waals surface area contributed by atoms with E-state index in [1.165, 1.54) is 23.4 Å². The van der Waals surface area contributed by atoms with Crippen LogP contribution < -0.4 is 87.8 Å². The van der Waals surface area contributed by atoms with Crippen LogP contribution in [0.4, 0.5) is 19.3 Å². The number of hydrogen-bond donors (Lipinski definition) is 2. The van der Waals surface area contributed by atoms with E-state index in [1.54, 1.807) is 38.2 Å². The van der Waals surface area contributed by atoms with Crippen molar-refractivity contribution in [1.82, 2.24) is 14.6 Å². The van der Waals surface area contributed by atoms with Crippen molar-refractivity contribution >= 4 is 23.9 Å². The van der Waals surface area contributed by atoms with E-state index in [9.17, 15) is 13.6 Å². The number of nitrogens with zero attached hydrogens (tertiary/aromatic N) is 2. The molecule has 1 aliphatic heterocycles. The Morgan fingerprint density at radius 2 is 2.03 bits per heavy atom. The molecular formula is C21H21CsF2N4O4S. The first-order chi connectivity index (χ1) is 15.0. The van der Waals surface area contributed by atoms with Crippen LogP contribution >= 0.6 is 12.1 Å². The van der Waals surface area contributed by atoms with Crippen molar-refractivity contribution in [3.63, 3.8) is 0 Å². The summed E-state index contributed by atoms with van der Waals surface area (Å²) in [6.45, 7) is 1.66. The van der Waals surface area contributed by atoms with Crippen molar-refractivity contribution in [1.29, 1.82) is 0 Å². The Labute approximate surface area is 253 Å². The molecule has 8 nitrogen and oxygen atoms in total. The minimum Gasteiger partial charge on any atom is -0.417 e. The minimum absolute atomic E-state index is 0. The van der Waals surface area contributed by atoms with Crippen LogP contribution in [0.2, 0.25) is 0 Å². The molecule has 33 heavy (non-hydrogen) atoms. The number of carbonyl (C=O) groups excluding carboxylic acids is 1. The van der Waals surface area contributed by atoms with Gasteiger partial charge in [0.15, 0.2) is 17.3 Å². The summed E-state index contributed by atoms with van der Waals surface area (Å²) in [6, 6.07) is 7.25. The second-order valence-electron chi connectivity index (χ2n) is 6.55. The fourth-order valence-corrected chi connectivity index (χ4v) is 3.53. The van der Waals surface area contributed by atoms with Gasteiger partial charge in [0.25, 0.3) is 0 Å². The second kappa shape index (κ2) is 12.4. The minimum atomic E-state index is -0.850. The molecule has 3 aromatic rings. The maximum atomic E-state index is 14.9. The van der Waals surface area contributed by atoms with Gasteiger partial charge < -0.3 is 26.0 Å². The van der Waals surface area contributed by atoms with Crippen molar-refractivity contribution in [3.8, 4) is 17.6 Å². The van der Waals surface area contributed by atoms with Crippen LogP contribution in [0.15, 0.2) is 47.2 Å². The summed E-state index contributed by atoms with van der Waals surface area (Å²) in [6.07, 6.45) is 1.70. The monoisotopic (exact) mass is 596 g/mol. The molecule has 0 saturated carbocycles. The van der Waals surface area contributed by atoms with E-state index in [0.29, 0.717) is 11.1 Å². The predicted octanol–water partition coefficient (Wildman–Crippen LogP) is 2.47. The molecule has 12 heteroatoms. The van der Waals surface area contributed by atoms with Crippen molar-refractivity contribution < 1.29 is 96.4 Å². The van der Waals surface area contributed by atoms with Crippen molar-refractivity contribution in [2.45, 2.75) is 19.5 Å². The van der Waals surface area contributed by atoms with Crippen LogP contribution in [0.5, 0.6) is 17.6 Å². The zero-order valence-electron chi connectivity index (χ0n) is 18.5. The van der Waals surface area contributed by atoms with Crippen molar-refractivity contribution in [2.24, 2.45) is 0 Å². The molecule has 2 N–H and O–H groups in total. The third-order valence-electron chi connectivity index (χ3n) is 4.72. The fourth-order valence-electron chi connectivity index (χ4n) is 3.16. The van der Waals surface area contributed by atoms with Gasteiger partial charge in [-0.1, -0.05) is 12.1 Å². The van der Waals surface area contributed by atoms with Gasteiger partial charge in [0, 0.05) is 23.3 Å². The summed E-state index contributed by atoms with van der Waals surface area (Å²) in [7, 11) is 1.70. The molecule has 4 rings (SSSR count). The number of fused-ring (bicyclic) bond motifs is 1. The summed E-state index contributed by atoms with van der Waals surface area (Å²) < 4.78 is 50.8. The molecule has 0 fully saturated rings. The number of anilines is 1. The molecule has 0 aliphatic carbocycles. The number of benzene rings is 2. The van der Waals surface area contributed by atoms with Crippen LogP contribution in [0, 0.1) is 19.1 Å². The smallest absolute Gasteiger partial charge is 0.417 e. The number of hydrogen-bond acceptors (Lipinski definition) is 8. The quantitative estimate of drug-likeness (QED) is 0.318. The van der Waals surface area contributed by atoms with E-state index in [4.69, 9.17) is 13.9 Å². The van der Waals surface area contributed by atoms with Gasteiger partial charge in [0.1, 0.15) is 6.26 Å². The van der Waals surface area contributed by atoms with Crippen LogP contribution in [-0.4, -0.2) is 23.0 Å². The standard InChI is InChI=1S/C20H18F2N4O4S.CH3.Cs/c1-11-13-6-7-15(29-19-24-8-9-28-19)17(22)18(13)30-20(27)26(11)10-12-4-3-5-14(16(12)21)25-31-23-2;;/h3-9,11,23,25H,10H2,1-2H3;1H3;/q;-1;+1. The number of halogens is 2. The molecule has 170 valence electrons. The summed E-state index contributed by atoms with van der Waals surface area (Å²) in [5.74, 6) is -1.77. The summed E-state index contributed by atoms with van der Waals surface area (Å²) in [4.78, 5) is 17.7. The van der Waals surface area contributed by atoms with E-state index in [0.717, 1.165) is 12.1 Å². The maximum absolute atomic E-state index is 14.9. The predicted molar refractivity (Wildman–Crippen MR) is 116 cm³/mol. The molecule has 1 aliphatic rings. The average Bonchev–Trinajstić information content (AvgIpc) is 3.27. The normalized spacial score (nSPS) is 14.5. The molecule has 2 heterocycles. The third-order valence-corrected chi connectivity index (χ3v) is 5.25. The largest absolute Gasteiger partial charge is 1.00 e. The zero-order valence-corrected chi connectivity index (χ0v) is 25.6. The van der Waals surface area contributed by atoms with Crippen molar-refractivity contribution in [2.75, 3.05) is 11.8 Å². The van der Waals surface area contributed by atoms with Gasteiger partial charge in [-0.25, -0.2) is 13.9 Å². The Hall–Kier alpha value is -1.26. The first-order valence-electron chi connectivity index (χ1n) is 9.23. The zero-order chi connectivity index (χ0) is 22.0. The molecule has 0 spiro atoms. The Kier molecular flexibility index (Phi) is 10.6. The van der Waals surface area contributed by atoms with E-state index in [-0.39, 0.29) is 106 Å². The van der Waals surface area contributed by atoms with E-state index < -0.39 is 23.8 Å². The fraction of sp³-hybridized carbons (Fsp3) is 0.190. The number of aromatic nitrogens is 1. The Morgan fingerprint density at radius 1 is 1.24 bits per heavy atom. The molecule has 0 bridgehead atoms. The first-order valence-corrected chi connectivity index (χ1v) is 10.1. The van der Waals surface area contributed by atoms with E-state index >= 15 is 0 Å². The van der Waals surface area contributed by atoms with Crippen LogP contribution in [0.1, 0.15) is 24.1 Å². The van der Waals surface area contributed by atoms with Gasteiger partial charge in [-0.05, 0) is 32.2 Å². The summed E-state index contributed by atoms with van der Waals surface area (Å²) >= 11 is 1.12. The van der Waals surface area contributed by atoms with Gasteiger partial charge in [-0.3, -0.25) is 4.90 Å². The van der Waals surface area contributed by atoms with Gasteiger partial charge in [0.2, 0.25) is 5.82 Å². The van der Waals surface area contributed by atoms with E-state index in [1.807, 2.05) is 0 Å². The Morgan fingerprint density at radius 3 is 2.73 bits per heavy atom. The number of carbonyl (C=O) groups is 1. The molecule has 1 unspecified atom stereocenters.